The lowest BCUT2D eigenvalue weighted by atomic mass is 9.92. The summed E-state index contributed by atoms with van der Waals surface area (Å²) in [4.78, 5) is 28.8. The van der Waals surface area contributed by atoms with Crippen LogP contribution in [0.25, 0.3) is 16.5 Å². The van der Waals surface area contributed by atoms with E-state index in [4.69, 9.17) is 5.10 Å². The van der Waals surface area contributed by atoms with Gasteiger partial charge in [0, 0.05) is 29.0 Å². The van der Waals surface area contributed by atoms with Crippen LogP contribution >= 0.6 is 0 Å². The topological polar surface area (TPSA) is 91.3 Å². The number of hydrogen-bond donors (Lipinski definition) is 3. The Labute approximate surface area is 242 Å². The number of benzene rings is 3. The Morgan fingerprint density at radius 3 is 2.46 bits per heavy atom. The highest BCUT2D eigenvalue weighted by Gasteiger charge is 2.22. The van der Waals surface area contributed by atoms with Gasteiger partial charge >= 0.3 is 6.03 Å². The molecule has 0 radical (unpaired) electrons. The second-order valence-corrected chi connectivity index (χ2v) is 11.8. The maximum Gasteiger partial charge on any atom is 0.324 e. The van der Waals surface area contributed by atoms with Crippen LogP contribution < -0.4 is 16.0 Å². The number of anilines is 2. The van der Waals surface area contributed by atoms with Gasteiger partial charge in [0.2, 0.25) is 0 Å². The molecule has 0 spiro atoms. The molecular formula is C33H40N6O2. The number of rotatable bonds is 8. The Kier molecular flexibility index (Phi) is 8.40. The van der Waals surface area contributed by atoms with Gasteiger partial charge in [-0.2, -0.15) is 5.10 Å². The number of aryl methyl sites for hydroxylation is 1. The van der Waals surface area contributed by atoms with E-state index in [1.165, 1.54) is 12.8 Å². The molecule has 1 fully saturated rings. The number of nitrogens with one attached hydrogen (secondary N) is 3. The quantitative estimate of drug-likeness (QED) is 0.218. The standard InChI is InChI=1S/C33H40N6O2/c1-23-15-16-25(21-27(23)31(40)34-17-10-20-38-18-7-8-19-38)39-30(22-29(37-39)33(2,3)4)36-32(41)35-28-14-9-12-24-11-5-6-13-26(24)28/h5-6,9,11-16,21-22H,7-8,10,17-20H2,1-4H3,(H,34,40)(H2,35,36,41). The van der Waals surface area contributed by atoms with Crippen LogP contribution in [0.4, 0.5) is 16.3 Å². The van der Waals surface area contributed by atoms with E-state index in [9.17, 15) is 9.59 Å². The third kappa shape index (κ3) is 6.77. The van der Waals surface area contributed by atoms with Crippen molar-refractivity contribution in [1.29, 1.82) is 0 Å². The van der Waals surface area contributed by atoms with E-state index >= 15 is 0 Å². The highest BCUT2D eigenvalue weighted by molar-refractivity contribution is 6.06. The summed E-state index contributed by atoms with van der Waals surface area (Å²) in [5, 5.41) is 15.9. The van der Waals surface area contributed by atoms with E-state index in [1.807, 2.05) is 73.7 Å². The molecule has 214 valence electrons. The second-order valence-electron chi connectivity index (χ2n) is 11.8. The van der Waals surface area contributed by atoms with E-state index in [2.05, 4.69) is 41.6 Å². The van der Waals surface area contributed by atoms with E-state index in [0.717, 1.165) is 53.8 Å². The van der Waals surface area contributed by atoms with Crippen LogP contribution in [0.1, 0.15) is 61.6 Å². The highest BCUT2D eigenvalue weighted by Crippen LogP contribution is 2.28. The molecule has 1 aromatic heterocycles. The molecule has 8 nitrogen and oxygen atoms in total. The Hall–Kier alpha value is -4.17. The molecule has 3 N–H and O–H groups in total. The molecule has 0 saturated carbocycles. The molecule has 41 heavy (non-hydrogen) atoms. The minimum atomic E-state index is -0.369. The molecule has 3 aromatic carbocycles. The van der Waals surface area contributed by atoms with Crippen LogP contribution in [0, 0.1) is 6.92 Å². The van der Waals surface area contributed by atoms with Crippen LogP contribution in [0.15, 0.2) is 66.7 Å². The molecule has 1 saturated heterocycles. The zero-order valence-corrected chi connectivity index (χ0v) is 24.5. The van der Waals surface area contributed by atoms with Crippen molar-refractivity contribution in [3.8, 4) is 5.69 Å². The number of carbonyl (C=O) groups excluding carboxylic acids is 2. The summed E-state index contributed by atoms with van der Waals surface area (Å²) in [5.41, 5.74) is 3.50. The Morgan fingerprint density at radius 2 is 1.68 bits per heavy atom. The van der Waals surface area contributed by atoms with Crippen LogP contribution in [-0.4, -0.2) is 52.8 Å². The van der Waals surface area contributed by atoms with E-state index in [1.54, 1.807) is 4.68 Å². The molecule has 0 aliphatic carbocycles. The van der Waals surface area contributed by atoms with E-state index in [-0.39, 0.29) is 17.4 Å². The summed E-state index contributed by atoms with van der Waals surface area (Å²) < 4.78 is 1.70. The van der Waals surface area contributed by atoms with Gasteiger partial charge in [-0.05, 0) is 75.0 Å². The second kappa shape index (κ2) is 12.1. The van der Waals surface area contributed by atoms with Gasteiger partial charge < -0.3 is 15.5 Å². The first-order valence-electron chi connectivity index (χ1n) is 14.5. The third-order valence-electron chi connectivity index (χ3n) is 7.60. The molecule has 5 rings (SSSR count). The van der Waals surface area contributed by atoms with Crippen molar-refractivity contribution in [3.63, 3.8) is 0 Å². The first-order chi connectivity index (χ1) is 19.7. The molecule has 4 aromatic rings. The molecule has 1 aliphatic heterocycles. The molecule has 2 heterocycles. The van der Waals surface area contributed by atoms with Gasteiger partial charge in [0.15, 0.2) is 0 Å². The van der Waals surface area contributed by atoms with Crippen molar-refractivity contribution in [2.45, 2.75) is 52.4 Å². The maximum absolute atomic E-state index is 13.2. The van der Waals surface area contributed by atoms with Gasteiger partial charge in [-0.15, -0.1) is 0 Å². The van der Waals surface area contributed by atoms with Gasteiger partial charge in [-0.3, -0.25) is 10.1 Å². The SMILES string of the molecule is Cc1ccc(-n2nc(C(C)(C)C)cc2NC(=O)Nc2cccc3ccccc23)cc1C(=O)NCCCN1CCCC1. The predicted octanol–water partition coefficient (Wildman–Crippen LogP) is 6.49. The lowest BCUT2D eigenvalue weighted by Crippen LogP contribution is -2.29. The smallest absolute Gasteiger partial charge is 0.324 e. The Balaban J connectivity index is 1.35. The van der Waals surface area contributed by atoms with E-state index < -0.39 is 0 Å². The number of hydrogen-bond acceptors (Lipinski definition) is 4. The van der Waals surface area contributed by atoms with Gasteiger partial charge in [-0.25, -0.2) is 9.48 Å². The fraction of sp³-hybridized carbons (Fsp3) is 0.364. The maximum atomic E-state index is 13.2. The molecule has 0 unspecified atom stereocenters. The van der Waals surface area contributed by atoms with Crippen molar-refractivity contribution in [1.82, 2.24) is 20.0 Å². The number of aromatic nitrogens is 2. The highest BCUT2D eigenvalue weighted by atomic mass is 16.2. The fourth-order valence-electron chi connectivity index (χ4n) is 5.23. The van der Waals surface area contributed by atoms with Crippen LogP contribution in [0.5, 0.6) is 0 Å². The Morgan fingerprint density at radius 1 is 0.927 bits per heavy atom. The molecule has 8 heteroatoms. The first-order valence-corrected chi connectivity index (χ1v) is 14.5. The summed E-state index contributed by atoms with van der Waals surface area (Å²) >= 11 is 0. The summed E-state index contributed by atoms with van der Waals surface area (Å²) in [7, 11) is 0. The predicted molar refractivity (Wildman–Crippen MR) is 166 cm³/mol. The summed E-state index contributed by atoms with van der Waals surface area (Å²) in [6, 6.07) is 21.0. The van der Waals surface area contributed by atoms with Crippen molar-refractivity contribution in [2.75, 3.05) is 36.8 Å². The van der Waals surface area contributed by atoms with Crippen LogP contribution in [-0.2, 0) is 5.41 Å². The number of amides is 3. The largest absolute Gasteiger partial charge is 0.352 e. The molecule has 1 aliphatic rings. The minimum Gasteiger partial charge on any atom is -0.352 e. The zero-order valence-electron chi connectivity index (χ0n) is 24.5. The third-order valence-corrected chi connectivity index (χ3v) is 7.60. The van der Waals surface area contributed by atoms with Crippen molar-refractivity contribution >= 4 is 34.2 Å². The lowest BCUT2D eigenvalue weighted by Gasteiger charge is -2.15. The zero-order chi connectivity index (χ0) is 29.0. The van der Waals surface area contributed by atoms with Gasteiger partial charge in [-0.1, -0.05) is 63.2 Å². The molecule has 0 bridgehead atoms. The number of fused-ring (bicyclic) bond motifs is 1. The van der Waals surface area contributed by atoms with Crippen LogP contribution in [0.2, 0.25) is 0 Å². The summed E-state index contributed by atoms with van der Waals surface area (Å²) in [6.45, 7) is 12.1. The van der Waals surface area contributed by atoms with E-state index in [0.29, 0.717) is 23.6 Å². The van der Waals surface area contributed by atoms with Crippen LogP contribution in [0.3, 0.4) is 0 Å². The molecular weight excluding hydrogens is 512 g/mol. The number of carbonyl (C=O) groups is 2. The first kappa shape index (κ1) is 28.4. The molecule has 0 atom stereocenters. The number of urea groups is 1. The lowest BCUT2D eigenvalue weighted by molar-refractivity contribution is 0.0951. The van der Waals surface area contributed by atoms with Gasteiger partial charge in [0.1, 0.15) is 5.82 Å². The minimum absolute atomic E-state index is 0.0998. The fourth-order valence-corrected chi connectivity index (χ4v) is 5.23. The molecule has 3 amide bonds. The number of likely N-dealkylation sites (tertiary alicyclic amines) is 1. The Bertz CT molecular complexity index is 1540. The van der Waals surface area contributed by atoms with Gasteiger partial charge in [0.05, 0.1) is 17.1 Å². The average Bonchev–Trinajstić information content (AvgIpc) is 3.62. The number of nitrogens with zero attached hydrogens (tertiary/aromatic N) is 3. The average molecular weight is 553 g/mol. The normalized spacial score (nSPS) is 13.9. The van der Waals surface area contributed by atoms with Crippen molar-refractivity contribution in [2.24, 2.45) is 0 Å². The van der Waals surface area contributed by atoms with Crippen molar-refractivity contribution in [3.05, 3.63) is 83.6 Å². The van der Waals surface area contributed by atoms with Gasteiger partial charge in [0.25, 0.3) is 5.91 Å². The summed E-state index contributed by atoms with van der Waals surface area (Å²) in [5.74, 6) is 0.422. The monoisotopic (exact) mass is 552 g/mol. The summed E-state index contributed by atoms with van der Waals surface area (Å²) in [6.07, 6.45) is 3.47. The van der Waals surface area contributed by atoms with Crippen molar-refractivity contribution < 1.29 is 9.59 Å².